The van der Waals surface area contributed by atoms with Crippen molar-refractivity contribution in [1.82, 2.24) is 19.6 Å². The Hall–Kier alpha value is -3.60. The molecule has 3 heterocycles. The first kappa shape index (κ1) is 15.9. The molecule has 0 spiro atoms. The van der Waals surface area contributed by atoms with Crippen LogP contribution in [0.5, 0.6) is 0 Å². The summed E-state index contributed by atoms with van der Waals surface area (Å²) in [6, 6.07) is 9.47. The minimum absolute atomic E-state index is 0.155. The Morgan fingerprint density at radius 1 is 1.38 bits per heavy atom. The number of nitrogens with zero attached hydrogens (tertiary/aromatic N) is 5. The number of nitriles is 1. The minimum Gasteiger partial charge on any atom is -0.338 e. The summed E-state index contributed by atoms with van der Waals surface area (Å²) < 4.78 is 7.15. The number of hydrogen-bond donors (Lipinski definition) is 1. The average Bonchev–Trinajstić information content (AvgIpc) is 3.42. The molecule has 8 nitrogen and oxygen atoms in total. The van der Waals surface area contributed by atoms with Crippen LogP contribution in [-0.2, 0) is 4.79 Å². The molecule has 0 unspecified atom stereocenters. The molecule has 3 aromatic rings. The van der Waals surface area contributed by atoms with Gasteiger partial charge in [0.2, 0.25) is 11.8 Å². The van der Waals surface area contributed by atoms with E-state index in [0.29, 0.717) is 31.1 Å². The zero-order valence-electron chi connectivity index (χ0n) is 13.9. The Morgan fingerprint density at radius 2 is 2.31 bits per heavy atom. The minimum atomic E-state index is -0.215. The Bertz CT molecular complexity index is 956. The summed E-state index contributed by atoms with van der Waals surface area (Å²) in [6.45, 7) is 1.05. The number of rotatable bonds is 4. The summed E-state index contributed by atoms with van der Waals surface area (Å²) in [7, 11) is 0. The molecule has 1 atom stereocenters. The molecule has 8 heteroatoms. The van der Waals surface area contributed by atoms with Gasteiger partial charge in [0.05, 0.1) is 12.2 Å². The van der Waals surface area contributed by atoms with Crippen LogP contribution in [-0.4, -0.2) is 38.6 Å². The van der Waals surface area contributed by atoms with Crippen LogP contribution < -0.4 is 5.32 Å². The van der Waals surface area contributed by atoms with Crippen LogP contribution in [0.4, 0.5) is 5.88 Å². The van der Waals surface area contributed by atoms with Crippen molar-refractivity contribution in [3.63, 3.8) is 0 Å². The number of likely N-dealkylation sites (tertiary alicyclic amines) is 1. The third-order valence-corrected chi connectivity index (χ3v) is 4.40. The third kappa shape index (κ3) is 3.15. The topological polar surface area (TPSA) is 100.0 Å². The van der Waals surface area contributed by atoms with E-state index in [1.54, 1.807) is 23.5 Å². The lowest BCUT2D eigenvalue weighted by Gasteiger charge is -2.08. The smallest absolute Gasteiger partial charge is 0.231 e. The fourth-order valence-electron chi connectivity index (χ4n) is 3.00. The molecule has 0 aliphatic carbocycles. The summed E-state index contributed by atoms with van der Waals surface area (Å²) in [5.41, 5.74) is 2.46. The van der Waals surface area contributed by atoms with Gasteiger partial charge in [-0.15, -0.1) is 0 Å². The second kappa shape index (κ2) is 6.72. The highest BCUT2D eigenvalue weighted by Gasteiger charge is 2.28. The van der Waals surface area contributed by atoms with E-state index in [9.17, 15) is 4.79 Å². The van der Waals surface area contributed by atoms with Gasteiger partial charge < -0.3 is 14.0 Å². The van der Waals surface area contributed by atoms with Crippen molar-refractivity contribution in [3.05, 3.63) is 49.1 Å². The molecule has 1 amide bonds. The van der Waals surface area contributed by atoms with Gasteiger partial charge >= 0.3 is 0 Å². The molecular formula is C18H16N6O2. The Balaban J connectivity index is 1.48. The molecule has 1 aliphatic rings. The first-order valence-electron chi connectivity index (χ1n) is 8.24. The summed E-state index contributed by atoms with van der Waals surface area (Å²) in [6.07, 6.45) is 8.02. The quantitative estimate of drug-likeness (QED) is 0.726. The lowest BCUT2D eigenvalue weighted by molar-refractivity contribution is -0.119. The average molecular weight is 348 g/mol. The normalized spacial score (nSPS) is 16.4. The van der Waals surface area contributed by atoms with Crippen LogP contribution >= 0.6 is 0 Å². The van der Waals surface area contributed by atoms with Gasteiger partial charge in [-0.1, -0.05) is 17.3 Å². The maximum Gasteiger partial charge on any atom is 0.231 e. The van der Waals surface area contributed by atoms with Crippen molar-refractivity contribution < 1.29 is 9.32 Å². The number of nitrogens with one attached hydrogen (secondary N) is 1. The van der Waals surface area contributed by atoms with Gasteiger partial charge in [0, 0.05) is 42.8 Å². The van der Waals surface area contributed by atoms with Gasteiger partial charge in [-0.2, -0.15) is 5.26 Å². The largest absolute Gasteiger partial charge is 0.338 e. The first-order valence-corrected chi connectivity index (χ1v) is 8.24. The molecule has 1 aliphatic heterocycles. The Labute approximate surface area is 149 Å². The van der Waals surface area contributed by atoms with Crippen molar-refractivity contribution >= 4 is 11.8 Å². The molecule has 1 fully saturated rings. The van der Waals surface area contributed by atoms with E-state index in [0.717, 1.165) is 11.3 Å². The number of amides is 1. The summed E-state index contributed by atoms with van der Waals surface area (Å²) in [4.78, 5) is 17.9. The van der Waals surface area contributed by atoms with Crippen LogP contribution in [0.1, 0.15) is 6.42 Å². The van der Waals surface area contributed by atoms with Gasteiger partial charge in [0.15, 0.2) is 6.19 Å². The zero-order valence-corrected chi connectivity index (χ0v) is 13.9. The van der Waals surface area contributed by atoms with Gasteiger partial charge in [0.1, 0.15) is 5.69 Å². The molecular weight excluding hydrogens is 332 g/mol. The van der Waals surface area contributed by atoms with E-state index in [1.807, 2.05) is 35.0 Å². The molecule has 26 heavy (non-hydrogen) atoms. The Kier molecular flexibility index (Phi) is 4.11. The number of hydrogen-bond acceptors (Lipinski definition) is 6. The lowest BCUT2D eigenvalue weighted by atomic mass is 10.1. The van der Waals surface area contributed by atoms with Crippen molar-refractivity contribution in [1.29, 1.82) is 5.26 Å². The van der Waals surface area contributed by atoms with E-state index in [-0.39, 0.29) is 11.8 Å². The maximum atomic E-state index is 12.3. The predicted molar refractivity (Wildman–Crippen MR) is 93.0 cm³/mol. The number of benzene rings is 1. The lowest BCUT2D eigenvalue weighted by Crippen LogP contribution is -2.25. The summed E-state index contributed by atoms with van der Waals surface area (Å²) >= 11 is 0. The molecule has 4 rings (SSSR count). The van der Waals surface area contributed by atoms with E-state index in [4.69, 9.17) is 9.78 Å². The highest BCUT2D eigenvalue weighted by atomic mass is 16.5. The van der Waals surface area contributed by atoms with Crippen molar-refractivity contribution in [3.8, 4) is 23.1 Å². The van der Waals surface area contributed by atoms with Gasteiger partial charge in [-0.05, 0) is 18.6 Å². The highest BCUT2D eigenvalue weighted by molar-refractivity contribution is 5.92. The molecule has 2 aromatic heterocycles. The molecule has 1 N–H and O–H groups in total. The van der Waals surface area contributed by atoms with E-state index in [2.05, 4.69) is 21.7 Å². The molecule has 0 bridgehead atoms. The van der Waals surface area contributed by atoms with Gasteiger partial charge in [0.25, 0.3) is 0 Å². The second-order valence-electron chi connectivity index (χ2n) is 6.12. The maximum absolute atomic E-state index is 12.3. The predicted octanol–water partition coefficient (Wildman–Crippen LogP) is 2.27. The molecule has 0 saturated carbocycles. The fraction of sp³-hybridized carbons (Fsp3) is 0.222. The van der Waals surface area contributed by atoms with E-state index in [1.165, 1.54) is 0 Å². The first-order chi connectivity index (χ1) is 12.7. The van der Waals surface area contributed by atoms with Gasteiger partial charge in [-0.25, -0.2) is 4.98 Å². The standard InChI is InChI=1S/C18H16N6O2/c19-11-23-6-4-14(10-23)18(25)21-17-9-16(22-26-17)13-2-1-3-15(8-13)24-7-5-20-12-24/h1-3,5,7-9,12,14H,4,6,10H2,(H,21,25)/t14-/m0/s1. The number of carbonyl (C=O) groups is 1. The molecule has 1 aromatic carbocycles. The summed E-state index contributed by atoms with van der Waals surface area (Å²) in [5, 5.41) is 15.7. The zero-order chi connectivity index (χ0) is 17.9. The van der Waals surface area contributed by atoms with Crippen LogP contribution in [0.2, 0.25) is 0 Å². The van der Waals surface area contributed by atoms with Crippen molar-refractivity contribution in [2.45, 2.75) is 6.42 Å². The van der Waals surface area contributed by atoms with Crippen LogP contribution in [0.3, 0.4) is 0 Å². The van der Waals surface area contributed by atoms with Crippen LogP contribution in [0.25, 0.3) is 16.9 Å². The Morgan fingerprint density at radius 3 is 3.08 bits per heavy atom. The van der Waals surface area contributed by atoms with Crippen LogP contribution in [0.15, 0.2) is 53.6 Å². The van der Waals surface area contributed by atoms with E-state index >= 15 is 0 Å². The molecule has 1 saturated heterocycles. The van der Waals surface area contributed by atoms with Crippen molar-refractivity contribution in [2.24, 2.45) is 5.92 Å². The number of imidazole rings is 1. The summed E-state index contributed by atoms with van der Waals surface area (Å²) in [5.74, 6) is -0.0705. The third-order valence-electron chi connectivity index (χ3n) is 4.40. The number of carbonyl (C=O) groups excluding carboxylic acids is 1. The fourth-order valence-corrected chi connectivity index (χ4v) is 3.00. The number of aromatic nitrogens is 3. The monoisotopic (exact) mass is 348 g/mol. The van der Waals surface area contributed by atoms with E-state index < -0.39 is 0 Å². The molecule has 130 valence electrons. The molecule has 0 radical (unpaired) electrons. The van der Waals surface area contributed by atoms with Crippen molar-refractivity contribution in [2.75, 3.05) is 18.4 Å². The van der Waals surface area contributed by atoms with Gasteiger partial charge in [-0.3, -0.25) is 10.1 Å². The number of anilines is 1. The highest BCUT2D eigenvalue weighted by Crippen LogP contribution is 2.25. The van der Waals surface area contributed by atoms with Crippen LogP contribution in [0, 0.1) is 17.4 Å². The second-order valence-corrected chi connectivity index (χ2v) is 6.12. The SMILES string of the molecule is N#CN1CC[C@H](C(=O)Nc2cc(-c3cccc(-n4ccnc4)c3)no2)C1.